The second-order valence-corrected chi connectivity index (χ2v) is 5.04. The number of nitrogens with zero attached hydrogens (tertiary/aromatic N) is 1. The average molecular weight is 283 g/mol. The number of piperidine rings is 1. The van der Waals surface area contributed by atoms with Gasteiger partial charge in [-0.1, -0.05) is 17.7 Å². The first-order chi connectivity index (χ1) is 9.00. The number of hydrogen-bond donors (Lipinski definition) is 2. The van der Waals surface area contributed by atoms with Gasteiger partial charge >= 0.3 is 5.97 Å². The third-order valence-corrected chi connectivity index (χ3v) is 3.66. The molecule has 1 aliphatic rings. The van der Waals surface area contributed by atoms with E-state index in [9.17, 15) is 14.7 Å². The molecule has 2 rings (SSSR count). The summed E-state index contributed by atoms with van der Waals surface area (Å²) < 4.78 is 0. The molecule has 102 valence electrons. The molecule has 19 heavy (non-hydrogen) atoms. The van der Waals surface area contributed by atoms with Crippen LogP contribution in [-0.4, -0.2) is 30.1 Å². The van der Waals surface area contributed by atoms with Crippen LogP contribution < -0.4 is 10.6 Å². The second kappa shape index (κ2) is 5.48. The molecule has 0 aliphatic carbocycles. The van der Waals surface area contributed by atoms with Crippen molar-refractivity contribution in [3.8, 4) is 0 Å². The Labute approximate surface area is 116 Å². The van der Waals surface area contributed by atoms with Crippen molar-refractivity contribution in [1.29, 1.82) is 0 Å². The van der Waals surface area contributed by atoms with Gasteiger partial charge in [0.1, 0.15) is 0 Å². The van der Waals surface area contributed by atoms with Crippen molar-refractivity contribution in [3.63, 3.8) is 0 Å². The highest BCUT2D eigenvalue weighted by atomic mass is 35.5. The van der Waals surface area contributed by atoms with Gasteiger partial charge in [-0.2, -0.15) is 0 Å². The molecule has 1 aliphatic heterocycles. The number of carboxylic acid groups (broad SMARTS) is 1. The maximum Gasteiger partial charge on any atom is 0.337 e. The van der Waals surface area contributed by atoms with Crippen LogP contribution >= 0.6 is 11.6 Å². The first-order valence-electron chi connectivity index (χ1n) is 6.06. The number of nitrogens with two attached hydrogens (primary N) is 1. The molecule has 0 aromatic heterocycles. The predicted molar refractivity (Wildman–Crippen MR) is 72.5 cm³/mol. The standard InChI is InChI=1S/C13H15ClN2O3/c14-10-5-1-4-9(13(18)19)11(10)16-6-2-3-8(7-16)12(15)17/h1,4-5,8H,2-3,6-7H2,(H2,15,17)(H,18,19). The summed E-state index contributed by atoms with van der Waals surface area (Å²) in [6.07, 6.45) is 1.52. The number of benzene rings is 1. The zero-order valence-electron chi connectivity index (χ0n) is 10.3. The molecule has 1 saturated heterocycles. The third kappa shape index (κ3) is 2.81. The number of rotatable bonds is 3. The molecule has 1 atom stereocenters. The van der Waals surface area contributed by atoms with Gasteiger partial charge in [-0.15, -0.1) is 0 Å². The molecule has 0 bridgehead atoms. The Hall–Kier alpha value is -1.75. The topological polar surface area (TPSA) is 83.6 Å². The van der Waals surface area contributed by atoms with Gasteiger partial charge in [-0.05, 0) is 25.0 Å². The van der Waals surface area contributed by atoms with E-state index in [0.717, 1.165) is 12.8 Å². The van der Waals surface area contributed by atoms with Crippen LogP contribution in [0.3, 0.4) is 0 Å². The molecule has 0 spiro atoms. The number of carboxylic acids is 1. The first-order valence-corrected chi connectivity index (χ1v) is 6.44. The number of amides is 1. The van der Waals surface area contributed by atoms with Crippen molar-refractivity contribution in [2.24, 2.45) is 11.7 Å². The van der Waals surface area contributed by atoms with E-state index in [1.165, 1.54) is 6.07 Å². The monoisotopic (exact) mass is 282 g/mol. The van der Waals surface area contributed by atoms with Crippen molar-refractivity contribution in [2.45, 2.75) is 12.8 Å². The molecule has 1 aromatic carbocycles. The van der Waals surface area contributed by atoms with Crippen LogP contribution in [0.5, 0.6) is 0 Å². The Morgan fingerprint density at radius 1 is 1.42 bits per heavy atom. The normalized spacial score (nSPS) is 19.2. The van der Waals surface area contributed by atoms with Crippen molar-refractivity contribution < 1.29 is 14.7 Å². The van der Waals surface area contributed by atoms with Crippen molar-refractivity contribution in [2.75, 3.05) is 18.0 Å². The minimum Gasteiger partial charge on any atom is -0.478 e. The zero-order valence-corrected chi connectivity index (χ0v) is 11.1. The number of primary amides is 1. The van der Waals surface area contributed by atoms with Crippen LogP contribution in [0, 0.1) is 5.92 Å². The van der Waals surface area contributed by atoms with E-state index < -0.39 is 5.97 Å². The number of anilines is 1. The Morgan fingerprint density at radius 3 is 2.79 bits per heavy atom. The van der Waals surface area contributed by atoms with Crippen molar-refractivity contribution in [3.05, 3.63) is 28.8 Å². The van der Waals surface area contributed by atoms with E-state index in [2.05, 4.69) is 0 Å². The fourth-order valence-electron chi connectivity index (χ4n) is 2.42. The van der Waals surface area contributed by atoms with Gasteiger partial charge in [0.15, 0.2) is 0 Å². The number of carbonyl (C=O) groups excluding carboxylic acids is 1. The molecule has 1 amide bonds. The molecular formula is C13H15ClN2O3. The lowest BCUT2D eigenvalue weighted by molar-refractivity contribution is -0.122. The number of aromatic carboxylic acids is 1. The summed E-state index contributed by atoms with van der Waals surface area (Å²) in [5.74, 6) is -1.64. The second-order valence-electron chi connectivity index (χ2n) is 4.63. The molecule has 0 saturated carbocycles. The van der Waals surface area contributed by atoms with Gasteiger partial charge in [-0.25, -0.2) is 4.79 Å². The summed E-state index contributed by atoms with van der Waals surface area (Å²) >= 11 is 6.11. The summed E-state index contributed by atoms with van der Waals surface area (Å²) in [4.78, 5) is 24.4. The molecule has 1 unspecified atom stereocenters. The van der Waals surface area contributed by atoms with E-state index in [1.54, 1.807) is 12.1 Å². The van der Waals surface area contributed by atoms with Gasteiger partial charge in [0, 0.05) is 13.1 Å². The van der Waals surface area contributed by atoms with Crippen molar-refractivity contribution in [1.82, 2.24) is 0 Å². The van der Waals surface area contributed by atoms with Crippen molar-refractivity contribution >= 4 is 29.2 Å². The van der Waals surface area contributed by atoms with Crippen LogP contribution in [-0.2, 0) is 4.79 Å². The fourth-order valence-corrected chi connectivity index (χ4v) is 2.72. The lowest BCUT2D eigenvalue weighted by Gasteiger charge is -2.34. The summed E-state index contributed by atoms with van der Waals surface area (Å²) in [6, 6.07) is 4.76. The van der Waals surface area contributed by atoms with Gasteiger partial charge in [0.25, 0.3) is 0 Å². The Morgan fingerprint density at radius 2 is 2.16 bits per heavy atom. The number of carbonyl (C=O) groups is 2. The van der Waals surface area contributed by atoms with E-state index in [-0.39, 0.29) is 17.4 Å². The quantitative estimate of drug-likeness (QED) is 0.884. The Bertz CT molecular complexity index is 519. The summed E-state index contributed by atoms with van der Waals surface area (Å²) in [7, 11) is 0. The molecule has 3 N–H and O–H groups in total. The fraction of sp³-hybridized carbons (Fsp3) is 0.385. The SMILES string of the molecule is NC(=O)C1CCCN(c2c(Cl)cccc2C(=O)O)C1. The van der Waals surface area contributed by atoms with Crippen LogP contribution in [0.25, 0.3) is 0 Å². The summed E-state index contributed by atoms with van der Waals surface area (Å²) in [5.41, 5.74) is 5.95. The van der Waals surface area contributed by atoms with E-state index in [1.807, 2.05) is 4.90 Å². The maximum atomic E-state index is 11.3. The van der Waals surface area contributed by atoms with Crippen LogP contribution in [0.1, 0.15) is 23.2 Å². The van der Waals surface area contributed by atoms with Gasteiger partial charge < -0.3 is 15.7 Å². The smallest absolute Gasteiger partial charge is 0.337 e. The summed E-state index contributed by atoms with van der Waals surface area (Å²) in [6.45, 7) is 1.09. The minimum absolute atomic E-state index is 0.151. The average Bonchev–Trinajstić information content (AvgIpc) is 2.38. The number of para-hydroxylation sites is 1. The molecule has 0 radical (unpaired) electrons. The van der Waals surface area contributed by atoms with Crippen LogP contribution in [0.2, 0.25) is 5.02 Å². The highest BCUT2D eigenvalue weighted by Gasteiger charge is 2.27. The number of halogens is 1. The van der Waals surface area contributed by atoms with E-state index >= 15 is 0 Å². The third-order valence-electron chi connectivity index (χ3n) is 3.36. The van der Waals surface area contributed by atoms with E-state index in [0.29, 0.717) is 23.8 Å². The van der Waals surface area contributed by atoms with Gasteiger partial charge in [-0.3, -0.25) is 4.79 Å². The molecule has 6 heteroatoms. The molecular weight excluding hydrogens is 268 g/mol. The predicted octanol–water partition coefficient (Wildman–Crippen LogP) is 1.74. The van der Waals surface area contributed by atoms with Gasteiger partial charge in [0.2, 0.25) is 5.91 Å². The molecule has 1 heterocycles. The summed E-state index contributed by atoms with van der Waals surface area (Å²) in [5, 5.41) is 9.60. The first kappa shape index (κ1) is 13.7. The largest absolute Gasteiger partial charge is 0.478 e. The lowest BCUT2D eigenvalue weighted by Crippen LogP contribution is -2.41. The van der Waals surface area contributed by atoms with E-state index in [4.69, 9.17) is 17.3 Å². The highest BCUT2D eigenvalue weighted by Crippen LogP contribution is 2.33. The molecule has 5 nitrogen and oxygen atoms in total. The molecule has 1 fully saturated rings. The van der Waals surface area contributed by atoms with Gasteiger partial charge in [0.05, 0.1) is 22.2 Å². The Kier molecular flexibility index (Phi) is 3.95. The Balaban J connectivity index is 2.35. The zero-order chi connectivity index (χ0) is 14.0. The number of hydrogen-bond acceptors (Lipinski definition) is 3. The highest BCUT2D eigenvalue weighted by molar-refractivity contribution is 6.34. The molecule has 1 aromatic rings. The lowest BCUT2D eigenvalue weighted by atomic mass is 9.96. The minimum atomic E-state index is -1.03. The van der Waals surface area contributed by atoms with Crippen LogP contribution in [0.15, 0.2) is 18.2 Å². The maximum absolute atomic E-state index is 11.3. The van der Waals surface area contributed by atoms with Crippen LogP contribution in [0.4, 0.5) is 5.69 Å².